The van der Waals surface area contributed by atoms with Crippen molar-refractivity contribution < 1.29 is 0 Å². The van der Waals surface area contributed by atoms with Crippen molar-refractivity contribution in [1.29, 1.82) is 0 Å². The summed E-state index contributed by atoms with van der Waals surface area (Å²) >= 11 is 0. The summed E-state index contributed by atoms with van der Waals surface area (Å²) < 4.78 is 0. The summed E-state index contributed by atoms with van der Waals surface area (Å²) in [5.74, 6) is 3.23. The topological polar surface area (TPSA) is 12.0 Å². The monoisotopic (exact) mass is 215 g/mol. The molecule has 1 nitrogen and oxygen atoms in total. The SMILES string of the molecule is C#CCC(NCCC)C(C)c1ccccc1. The lowest BCUT2D eigenvalue weighted by Gasteiger charge is -2.23. The number of rotatable bonds is 6. The van der Waals surface area contributed by atoms with Gasteiger partial charge in [-0.2, -0.15) is 0 Å². The van der Waals surface area contributed by atoms with Crippen molar-refractivity contribution in [2.75, 3.05) is 6.54 Å². The van der Waals surface area contributed by atoms with E-state index in [9.17, 15) is 0 Å². The zero-order valence-corrected chi connectivity index (χ0v) is 10.2. The van der Waals surface area contributed by atoms with Crippen LogP contribution in [0.15, 0.2) is 30.3 Å². The van der Waals surface area contributed by atoms with Crippen molar-refractivity contribution >= 4 is 0 Å². The summed E-state index contributed by atoms with van der Waals surface area (Å²) in [5, 5.41) is 3.53. The van der Waals surface area contributed by atoms with Gasteiger partial charge in [0.15, 0.2) is 0 Å². The molecule has 1 N–H and O–H groups in total. The molecule has 0 bridgehead atoms. The van der Waals surface area contributed by atoms with Crippen LogP contribution in [0.5, 0.6) is 0 Å². The highest BCUT2D eigenvalue weighted by Crippen LogP contribution is 2.20. The first-order chi connectivity index (χ1) is 7.79. The van der Waals surface area contributed by atoms with Crippen LogP contribution < -0.4 is 5.32 Å². The molecule has 0 spiro atoms. The van der Waals surface area contributed by atoms with Crippen LogP contribution in [0.2, 0.25) is 0 Å². The minimum Gasteiger partial charge on any atom is -0.312 e. The molecule has 0 aliphatic heterocycles. The number of hydrogen-bond donors (Lipinski definition) is 1. The number of terminal acetylenes is 1. The first-order valence-electron chi connectivity index (χ1n) is 6.01. The van der Waals surface area contributed by atoms with Crippen molar-refractivity contribution in [3.63, 3.8) is 0 Å². The molecule has 2 unspecified atom stereocenters. The van der Waals surface area contributed by atoms with Crippen molar-refractivity contribution in [1.82, 2.24) is 5.32 Å². The van der Waals surface area contributed by atoms with Gasteiger partial charge in [-0.1, -0.05) is 44.2 Å². The third kappa shape index (κ3) is 3.72. The van der Waals surface area contributed by atoms with Gasteiger partial charge in [0.05, 0.1) is 0 Å². The molecule has 2 atom stereocenters. The molecule has 0 aromatic heterocycles. The Balaban J connectivity index is 2.67. The Morgan fingerprint density at radius 2 is 2.00 bits per heavy atom. The lowest BCUT2D eigenvalue weighted by molar-refractivity contribution is 0.457. The zero-order valence-electron chi connectivity index (χ0n) is 10.2. The molecule has 1 aromatic carbocycles. The molecule has 1 heteroatoms. The summed E-state index contributed by atoms with van der Waals surface area (Å²) in [5.41, 5.74) is 1.35. The molecular weight excluding hydrogens is 194 g/mol. The minimum atomic E-state index is 0.382. The van der Waals surface area contributed by atoms with Gasteiger partial charge in [-0.25, -0.2) is 0 Å². The molecule has 0 saturated carbocycles. The summed E-state index contributed by atoms with van der Waals surface area (Å²) in [4.78, 5) is 0. The molecule has 0 saturated heterocycles. The van der Waals surface area contributed by atoms with E-state index in [1.165, 1.54) is 5.56 Å². The van der Waals surface area contributed by atoms with Gasteiger partial charge in [0.25, 0.3) is 0 Å². The fourth-order valence-electron chi connectivity index (χ4n) is 1.87. The molecule has 1 rings (SSSR count). The maximum Gasteiger partial charge on any atom is 0.0246 e. The smallest absolute Gasteiger partial charge is 0.0246 e. The van der Waals surface area contributed by atoms with Gasteiger partial charge in [-0.3, -0.25) is 0 Å². The van der Waals surface area contributed by atoms with Crippen molar-refractivity contribution in [3.05, 3.63) is 35.9 Å². The van der Waals surface area contributed by atoms with E-state index in [0.29, 0.717) is 12.0 Å². The average Bonchev–Trinajstić information content (AvgIpc) is 2.35. The van der Waals surface area contributed by atoms with E-state index in [2.05, 4.69) is 49.4 Å². The third-order valence-corrected chi connectivity index (χ3v) is 2.92. The van der Waals surface area contributed by atoms with Crippen molar-refractivity contribution in [3.8, 4) is 12.3 Å². The van der Waals surface area contributed by atoms with Gasteiger partial charge in [0, 0.05) is 12.5 Å². The Kier molecular flexibility index (Phi) is 5.67. The first-order valence-corrected chi connectivity index (χ1v) is 6.01. The molecule has 0 fully saturated rings. The lowest BCUT2D eigenvalue weighted by atomic mass is 9.91. The van der Waals surface area contributed by atoms with Gasteiger partial charge < -0.3 is 5.32 Å². The van der Waals surface area contributed by atoms with Gasteiger partial charge >= 0.3 is 0 Å². The first kappa shape index (κ1) is 12.8. The van der Waals surface area contributed by atoms with E-state index in [4.69, 9.17) is 6.42 Å². The molecule has 86 valence electrons. The van der Waals surface area contributed by atoms with Gasteiger partial charge in [0.2, 0.25) is 0 Å². The second kappa shape index (κ2) is 7.09. The normalized spacial score (nSPS) is 14.1. The van der Waals surface area contributed by atoms with E-state index in [1.54, 1.807) is 0 Å². The van der Waals surface area contributed by atoms with Crippen molar-refractivity contribution in [2.24, 2.45) is 0 Å². The Hall–Kier alpha value is -1.26. The predicted octanol–water partition coefficient (Wildman–Crippen LogP) is 3.18. The average molecular weight is 215 g/mol. The molecule has 0 radical (unpaired) electrons. The van der Waals surface area contributed by atoms with E-state index in [0.717, 1.165) is 19.4 Å². The Morgan fingerprint density at radius 1 is 1.31 bits per heavy atom. The Bertz CT molecular complexity index is 323. The van der Waals surface area contributed by atoms with E-state index in [-0.39, 0.29) is 0 Å². The maximum absolute atomic E-state index is 5.43. The molecule has 16 heavy (non-hydrogen) atoms. The highest BCUT2D eigenvalue weighted by atomic mass is 14.9. The molecule has 1 aromatic rings. The molecular formula is C15H21N. The van der Waals surface area contributed by atoms with Gasteiger partial charge in [-0.05, 0) is 24.4 Å². The minimum absolute atomic E-state index is 0.382. The predicted molar refractivity (Wildman–Crippen MR) is 70.4 cm³/mol. The number of benzene rings is 1. The van der Waals surface area contributed by atoms with Crippen LogP contribution in [0.25, 0.3) is 0 Å². The third-order valence-electron chi connectivity index (χ3n) is 2.92. The highest BCUT2D eigenvalue weighted by Gasteiger charge is 2.16. The summed E-state index contributed by atoms with van der Waals surface area (Å²) in [6.07, 6.45) is 7.36. The molecule has 0 aliphatic rings. The fourth-order valence-corrected chi connectivity index (χ4v) is 1.87. The van der Waals surface area contributed by atoms with Crippen LogP contribution >= 0.6 is 0 Å². The van der Waals surface area contributed by atoms with Crippen LogP contribution in [-0.2, 0) is 0 Å². The van der Waals surface area contributed by atoms with Crippen molar-refractivity contribution in [2.45, 2.75) is 38.6 Å². The Labute approximate surface area is 99.3 Å². The highest BCUT2D eigenvalue weighted by molar-refractivity contribution is 5.21. The van der Waals surface area contributed by atoms with E-state index < -0.39 is 0 Å². The quantitative estimate of drug-likeness (QED) is 0.719. The summed E-state index contributed by atoms with van der Waals surface area (Å²) in [6.45, 7) is 5.44. The van der Waals surface area contributed by atoms with Gasteiger partial charge in [0.1, 0.15) is 0 Å². The lowest BCUT2D eigenvalue weighted by Crippen LogP contribution is -2.34. The maximum atomic E-state index is 5.43. The standard InChI is InChI=1S/C15H21N/c1-4-9-15(16-12-5-2)13(3)14-10-7-6-8-11-14/h1,6-8,10-11,13,15-16H,5,9,12H2,2-3H3. The van der Waals surface area contributed by atoms with Crippen LogP contribution in [0.4, 0.5) is 0 Å². The second-order valence-electron chi connectivity index (χ2n) is 4.17. The largest absolute Gasteiger partial charge is 0.312 e. The number of hydrogen-bond acceptors (Lipinski definition) is 1. The van der Waals surface area contributed by atoms with Gasteiger partial charge in [-0.15, -0.1) is 12.3 Å². The molecule has 0 heterocycles. The van der Waals surface area contributed by atoms with E-state index in [1.807, 2.05) is 6.07 Å². The molecule has 0 aliphatic carbocycles. The summed E-state index contributed by atoms with van der Waals surface area (Å²) in [6, 6.07) is 10.9. The summed E-state index contributed by atoms with van der Waals surface area (Å²) in [7, 11) is 0. The fraction of sp³-hybridized carbons (Fsp3) is 0.467. The van der Waals surface area contributed by atoms with Crippen LogP contribution in [-0.4, -0.2) is 12.6 Å². The van der Waals surface area contributed by atoms with E-state index >= 15 is 0 Å². The zero-order chi connectivity index (χ0) is 11.8. The number of nitrogens with one attached hydrogen (secondary N) is 1. The van der Waals surface area contributed by atoms with Crippen LogP contribution in [0, 0.1) is 12.3 Å². The Morgan fingerprint density at radius 3 is 2.56 bits per heavy atom. The molecule has 0 amide bonds. The van der Waals surface area contributed by atoms with Crippen LogP contribution in [0.1, 0.15) is 38.2 Å². The van der Waals surface area contributed by atoms with Crippen LogP contribution in [0.3, 0.4) is 0 Å². The second-order valence-corrected chi connectivity index (χ2v) is 4.17.